The predicted molar refractivity (Wildman–Crippen MR) is 152 cm³/mol. The van der Waals surface area contributed by atoms with Crippen molar-refractivity contribution in [1.82, 2.24) is 0 Å². The second kappa shape index (κ2) is 21.3. The lowest BCUT2D eigenvalue weighted by Crippen LogP contribution is -2.22. The van der Waals surface area contributed by atoms with Crippen molar-refractivity contribution in [2.24, 2.45) is 0 Å². The Morgan fingerprint density at radius 2 is 1.81 bits per heavy atom. The molecule has 0 aliphatic rings. The molecule has 1 rings (SSSR count). The Morgan fingerprint density at radius 1 is 1.00 bits per heavy atom. The van der Waals surface area contributed by atoms with E-state index in [1.807, 2.05) is 30.4 Å². The molecule has 0 amide bonds. The van der Waals surface area contributed by atoms with Gasteiger partial charge in [0.25, 0.3) is 0 Å². The molecule has 1 aromatic rings. The third kappa shape index (κ3) is 18.2. The number of aliphatic hydroxyl groups is 1. The minimum Gasteiger partial charge on any atom is -0.493 e. The van der Waals surface area contributed by atoms with E-state index in [0.717, 1.165) is 12.8 Å². The van der Waals surface area contributed by atoms with Crippen LogP contribution in [-0.4, -0.2) is 51.0 Å². The molecule has 0 aliphatic carbocycles. The zero-order valence-electron chi connectivity index (χ0n) is 21.8. The van der Waals surface area contributed by atoms with Gasteiger partial charge in [-0.2, -0.15) is 0 Å². The second-order valence-corrected chi connectivity index (χ2v) is 9.94. The molecule has 204 valence electrons. The van der Waals surface area contributed by atoms with Crippen LogP contribution in [0.2, 0.25) is 0 Å². The van der Waals surface area contributed by atoms with Gasteiger partial charge >= 0.3 is 11.9 Å². The van der Waals surface area contributed by atoms with Gasteiger partial charge in [0.05, 0.1) is 19.1 Å². The molecule has 0 heterocycles. The third-order valence-corrected chi connectivity index (χ3v) is 6.63. The summed E-state index contributed by atoms with van der Waals surface area (Å²) in [5.74, 6) is -0.532. The smallest absolute Gasteiger partial charge is 0.307 e. The molecule has 0 radical (unpaired) electrons. The highest BCUT2D eigenvalue weighted by Gasteiger charge is 2.17. The number of benzene rings is 1. The summed E-state index contributed by atoms with van der Waals surface area (Å²) < 4.78 is 5.76. The summed E-state index contributed by atoms with van der Waals surface area (Å²) in [7, 11) is 0. The summed E-state index contributed by atoms with van der Waals surface area (Å²) in [6.45, 7) is 2.61. The first-order valence-corrected chi connectivity index (χ1v) is 14.1. The van der Waals surface area contributed by atoms with Crippen molar-refractivity contribution in [3.8, 4) is 5.75 Å². The van der Waals surface area contributed by atoms with Crippen LogP contribution in [0, 0.1) is 0 Å². The molecule has 0 saturated heterocycles. The van der Waals surface area contributed by atoms with Gasteiger partial charge in [-0.1, -0.05) is 80.5 Å². The largest absolute Gasteiger partial charge is 0.493 e. The van der Waals surface area contributed by atoms with E-state index in [0.29, 0.717) is 36.5 Å². The highest BCUT2D eigenvalue weighted by Crippen LogP contribution is 2.21. The number of allylic oxidation sites excluding steroid dienone is 7. The van der Waals surface area contributed by atoms with Crippen molar-refractivity contribution in [3.63, 3.8) is 0 Å². The average Bonchev–Trinajstić information content (AvgIpc) is 2.85. The van der Waals surface area contributed by atoms with E-state index in [4.69, 9.17) is 14.9 Å². The molecule has 2 atom stereocenters. The first-order valence-electron chi connectivity index (χ1n) is 13.0. The molecular weight excluding hydrogens is 488 g/mol. The lowest BCUT2D eigenvalue weighted by Gasteiger charge is -2.19. The van der Waals surface area contributed by atoms with Crippen molar-refractivity contribution >= 4 is 23.7 Å². The minimum atomic E-state index is -0.890. The summed E-state index contributed by atoms with van der Waals surface area (Å²) in [6, 6.07) is 7.02. The van der Waals surface area contributed by atoms with Crippen molar-refractivity contribution in [2.45, 2.75) is 76.1 Å². The Morgan fingerprint density at radius 3 is 2.57 bits per heavy atom. The molecule has 1 aromatic carbocycles. The molecule has 3 N–H and O–H groups in total. The van der Waals surface area contributed by atoms with Crippen LogP contribution in [0.4, 0.5) is 0 Å². The molecular formula is C30H42O6S. The topological polar surface area (TPSA) is 104 Å². The Hall–Kier alpha value is -2.77. The number of aliphatic hydroxyl groups excluding tert-OH is 1. The van der Waals surface area contributed by atoms with Crippen LogP contribution in [-0.2, 0) is 16.0 Å². The van der Waals surface area contributed by atoms with Crippen LogP contribution >= 0.6 is 11.8 Å². The van der Waals surface area contributed by atoms with Crippen LogP contribution in [0.1, 0.15) is 63.9 Å². The summed E-state index contributed by atoms with van der Waals surface area (Å²) >= 11 is 1.54. The number of hydrogen-bond donors (Lipinski definition) is 3. The molecule has 0 fully saturated rings. The SMILES string of the molecule is CCCCC/C=C\C\C=C/C=C/C=C/[C@H](SCCOc1cccc(CC(=O)O)c1)[C@@H](O)CCCC(=O)O. The van der Waals surface area contributed by atoms with Gasteiger partial charge in [-0.05, 0) is 49.8 Å². The molecule has 0 unspecified atom stereocenters. The molecule has 0 aromatic heterocycles. The number of aliphatic carboxylic acids is 2. The average molecular weight is 531 g/mol. The highest BCUT2D eigenvalue weighted by atomic mass is 32.2. The Balaban J connectivity index is 2.53. The number of rotatable bonds is 21. The maximum Gasteiger partial charge on any atom is 0.307 e. The molecule has 6 nitrogen and oxygen atoms in total. The van der Waals surface area contributed by atoms with Gasteiger partial charge in [-0.15, -0.1) is 11.8 Å². The summed E-state index contributed by atoms with van der Waals surface area (Å²) in [6.07, 6.45) is 22.1. The van der Waals surface area contributed by atoms with E-state index in [-0.39, 0.29) is 18.1 Å². The molecule has 0 saturated carbocycles. The molecule has 0 aliphatic heterocycles. The monoisotopic (exact) mass is 530 g/mol. The maximum atomic E-state index is 10.9. The van der Waals surface area contributed by atoms with Crippen LogP contribution in [0.3, 0.4) is 0 Å². The zero-order chi connectivity index (χ0) is 27.1. The summed E-state index contributed by atoms with van der Waals surface area (Å²) in [5.41, 5.74) is 0.677. The molecule has 7 heteroatoms. The highest BCUT2D eigenvalue weighted by molar-refractivity contribution is 8.00. The van der Waals surface area contributed by atoms with Crippen LogP contribution in [0.5, 0.6) is 5.75 Å². The van der Waals surface area contributed by atoms with Gasteiger partial charge in [-0.3, -0.25) is 9.59 Å². The van der Waals surface area contributed by atoms with Crippen molar-refractivity contribution in [2.75, 3.05) is 12.4 Å². The molecule has 37 heavy (non-hydrogen) atoms. The van der Waals surface area contributed by atoms with Gasteiger partial charge in [0.1, 0.15) is 5.75 Å². The van der Waals surface area contributed by atoms with E-state index < -0.39 is 18.0 Å². The van der Waals surface area contributed by atoms with Crippen LogP contribution in [0.25, 0.3) is 0 Å². The standard InChI is InChI=1S/C30H42O6S/c1-2-3-4-5-6-7-8-9-10-11-12-13-19-28(27(31)18-15-20-29(32)33)37-22-21-36-26-17-14-16-25(23-26)24-30(34)35/h6-7,9-14,16-17,19,23,27-28,31H,2-5,8,15,18,20-22,24H2,1H3,(H,32,33)(H,34,35)/b7-6-,10-9-,12-11+,19-13+/t27-,28-/m0/s1. The van der Waals surface area contributed by atoms with Crippen molar-refractivity contribution in [1.29, 1.82) is 0 Å². The number of unbranched alkanes of at least 4 members (excludes halogenated alkanes) is 3. The fourth-order valence-electron chi connectivity index (χ4n) is 3.45. The summed E-state index contributed by atoms with van der Waals surface area (Å²) in [5, 5.41) is 28.2. The minimum absolute atomic E-state index is 0.0334. The predicted octanol–water partition coefficient (Wildman–Crippen LogP) is 6.61. The zero-order valence-corrected chi connectivity index (χ0v) is 22.7. The van der Waals surface area contributed by atoms with Crippen LogP contribution < -0.4 is 4.74 Å². The third-order valence-electron chi connectivity index (χ3n) is 5.37. The van der Waals surface area contributed by atoms with E-state index in [2.05, 4.69) is 25.2 Å². The summed E-state index contributed by atoms with van der Waals surface area (Å²) in [4.78, 5) is 21.7. The van der Waals surface area contributed by atoms with E-state index in [9.17, 15) is 14.7 Å². The number of ether oxygens (including phenoxy) is 1. The Bertz CT molecular complexity index is 890. The van der Waals surface area contributed by atoms with Crippen molar-refractivity contribution in [3.05, 3.63) is 78.4 Å². The van der Waals surface area contributed by atoms with Crippen molar-refractivity contribution < 1.29 is 29.6 Å². The lowest BCUT2D eigenvalue weighted by atomic mass is 10.1. The van der Waals surface area contributed by atoms with E-state index >= 15 is 0 Å². The molecule has 0 spiro atoms. The number of hydrogen-bond acceptors (Lipinski definition) is 5. The molecule has 0 bridgehead atoms. The lowest BCUT2D eigenvalue weighted by molar-refractivity contribution is -0.137. The first-order chi connectivity index (χ1) is 17.9. The van der Waals surface area contributed by atoms with Gasteiger partial charge in [0.15, 0.2) is 0 Å². The number of carbonyl (C=O) groups is 2. The second-order valence-electron chi connectivity index (χ2n) is 8.66. The fourth-order valence-corrected chi connectivity index (χ4v) is 4.46. The van der Waals surface area contributed by atoms with Gasteiger partial charge < -0.3 is 20.1 Å². The first kappa shape index (κ1) is 32.3. The van der Waals surface area contributed by atoms with Gasteiger partial charge in [0.2, 0.25) is 0 Å². The Kier molecular flexibility index (Phi) is 18.6. The fraction of sp³-hybridized carbons (Fsp3) is 0.467. The van der Waals surface area contributed by atoms with Gasteiger partial charge in [0, 0.05) is 17.4 Å². The Labute approximate surface area is 225 Å². The quantitative estimate of drug-likeness (QED) is 0.0934. The van der Waals surface area contributed by atoms with Gasteiger partial charge in [-0.25, -0.2) is 0 Å². The van der Waals surface area contributed by atoms with E-state index in [1.54, 1.807) is 36.0 Å². The normalized spacial score (nSPS) is 13.7. The maximum absolute atomic E-state index is 10.9. The number of carboxylic acid groups (broad SMARTS) is 2. The van der Waals surface area contributed by atoms with E-state index in [1.165, 1.54) is 19.3 Å². The number of carboxylic acids is 2. The van der Waals surface area contributed by atoms with Crippen LogP contribution in [0.15, 0.2) is 72.9 Å². The number of thioether (sulfide) groups is 1.